The molecule has 4 rings (SSSR count). The maximum Gasteiger partial charge on any atom is 0.320 e. The maximum absolute atomic E-state index is 12.0. The van der Waals surface area contributed by atoms with Gasteiger partial charge in [0, 0.05) is 30.4 Å². The lowest BCUT2D eigenvalue weighted by molar-refractivity contribution is -0.138. The van der Waals surface area contributed by atoms with Gasteiger partial charge in [-0.1, -0.05) is 24.3 Å². The molecule has 0 radical (unpaired) electrons. The number of aliphatic carboxylic acids is 1. The number of carboxylic acid groups (broad SMARTS) is 1. The third-order valence-corrected chi connectivity index (χ3v) is 4.72. The van der Waals surface area contributed by atoms with E-state index in [1.807, 2.05) is 30.3 Å². The van der Waals surface area contributed by atoms with E-state index >= 15 is 0 Å². The lowest BCUT2D eigenvalue weighted by Crippen LogP contribution is -2.32. The standard InChI is InChI=1S/C20H19N5O3/c21-14(20(27)28)9-11-1-3-12(4-2-11)18-22-7-6-16(25-18)17-10-13-15(24-17)5-8-23-19(13)26/h1-4,6-7,10,14,24H,5,8-9,21H2,(H,23,26)(H,27,28)/t14-/m1/s1. The highest BCUT2D eigenvalue weighted by Gasteiger charge is 2.20. The second kappa shape index (κ2) is 7.24. The molecule has 1 aliphatic rings. The Morgan fingerprint density at radius 1 is 1.25 bits per heavy atom. The van der Waals surface area contributed by atoms with Crippen LogP contribution in [0.1, 0.15) is 21.6 Å². The molecule has 0 unspecified atom stereocenters. The summed E-state index contributed by atoms with van der Waals surface area (Å²) in [5.74, 6) is -0.556. The molecule has 1 atom stereocenters. The minimum Gasteiger partial charge on any atom is -0.480 e. The molecule has 8 nitrogen and oxygen atoms in total. The molecule has 0 aliphatic carbocycles. The molecule has 28 heavy (non-hydrogen) atoms. The topological polar surface area (TPSA) is 134 Å². The number of carbonyl (C=O) groups is 2. The van der Waals surface area contributed by atoms with Crippen LogP contribution in [0.15, 0.2) is 42.6 Å². The van der Waals surface area contributed by atoms with Gasteiger partial charge >= 0.3 is 5.97 Å². The van der Waals surface area contributed by atoms with Crippen LogP contribution in [-0.2, 0) is 17.6 Å². The van der Waals surface area contributed by atoms with E-state index in [4.69, 9.17) is 10.8 Å². The van der Waals surface area contributed by atoms with Crippen LogP contribution in [0.25, 0.3) is 22.8 Å². The third-order valence-electron chi connectivity index (χ3n) is 4.72. The van der Waals surface area contributed by atoms with E-state index in [-0.39, 0.29) is 12.3 Å². The summed E-state index contributed by atoms with van der Waals surface area (Å²) >= 11 is 0. The van der Waals surface area contributed by atoms with Crippen LogP contribution in [0.5, 0.6) is 0 Å². The molecule has 3 heterocycles. The number of nitrogens with one attached hydrogen (secondary N) is 2. The molecular weight excluding hydrogens is 358 g/mol. The van der Waals surface area contributed by atoms with Crippen molar-refractivity contribution in [2.24, 2.45) is 5.73 Å². The Morgan fingerprint density at radius 2 is 2.04 bits per heavy atom. The number of nitrogens with zero attached hydrogens (tertiary/aromatic N) is 2. The highest BCUT2D eigenvalue weighted by molar-refractivity contribution is 5.97. The average molecular weight is 377 g/mol. The molecule has 8 heteroatoms. The van der Waals surface area contributed by atoms with E-state index < -0.39 is 12.0 Å². The molecule has 1 amide bonds. The molecule has 1 aliphatic heterocycles. The van der Waals surface area contributed by atoms with Crippen molar-refractivity contribution in [2.75, 3.05) is 6.54 Å². The number of benzene rings is 1. The van der Waals surface area contributed by atoms with Gasteiger partial charge in [-0.15, -0.1) is 0 Å². The first-order valence-corrected chi connectivity index (χ1v) is 8.92. The Hall–Kier alpha value is -3.52. The number of nitrogens with two attached hydrogens (primary N) is 1. The van der Waals surface area contributed by atoms with Gasteiger partial charge in [0.05, 0.1) is 17.0 Å². The van der Waals surface area contributed by atoms with Gasteiger partial charge in [-0.2, -0.15) is 0 Å². The fourth-order valence-electron chi connectivity index (χ4n) is 3.21. The van der Waals surface area contributed by atoms with Crippen LogP contribution in [0.2, 0.25) is 0 Å². The molecular formula is C20H19N5O3. The minimum atomic E-state index is -1.03. The maximum atomic E-state index is 12.0. The quantitative estimate of drug-likeness (QED) is 0.531. The van der Waals surface area contributed by atoms with E-state index in [1.165, 1.54) is 0 Å². The fraction of sp³-hybridized carbons (Fsp3) is 0.200. The Bertz CT molecular complexity index is 1040. The highest BCUT2D eigenvalue weighted by Crippen LogP contribution is 2.24. The van der Waals surface area contributed by atoms with Gasteiger partial charge in [0.2, 0.25) is 0 Å². The van der Waals surface area contributed by atoms with Crippen molar-refractivity contribution in [1.29, 1.82) is 0 Å². The van der Waals surface area contributed by atoms with Crippen molar-refractivity contribution in [3.63, 3.8) is 0 Å². The fourth-order valence-corrected chi connectivity index (χ4v) is 3.21. The number of aromatic amines is 1. The SMILES string of the molecule is N[C@H](Cc1ccc(-c2nccc(-c3cc4c([nH]3)CCNC4=O)n2)cc1)C(=O)O. The predicted octanol–water partition coefficient (Wildman–Crippen LogP) is 1.38. The van der Waals surface area contributed by atoms with Gasteiger partial charge in [0.25, 0.3) is 5.91 Å². The monoisotopic (exact) mass is 377 g/mol. The van der Waals surface area contributed by atoms with Gasteiger partial charge in [-0.05, 0) is 24.1 Å². The molecule has 3 aromatic rings. The zero-order chi connectivity index (χ0) is 19.7. The van der Waals surface area contributed by atoms with Crippen molar-refractivity contribution in [3.05, 3.63) is 59.4 Å². The molecule has 2 aromatic heterocycles. The number of hydrogen-bond acceptors (Lipinski definition) is 5. The van der Waals surface area contributed by atoms with Crippen LogP contribution in [0.4, 0.5) is 0 Å². The van der Waals surface area contributed by atoms with Gasteiger partial charge < -0.3 is 21.1 Å². The number of hydrogen-bond donors (Lipinski definition) is 4. The third kappa shape index (κ3) is 3.49. The van der Waals surface area contributed by atoms with Crippen LogP contribution < -0.4 is 11.1 Å². The number of fused-ring (bicyclic) bond motifs is 1. The van der Waals surface area contributed by atoms with E-state index in [1.54, 1.807) is 12.3 Å². The van der Waals surface area contributed by atoms with Crippen molar-refractivity contribution in [2.45, 2.75) is 18.9 Å². The number of amides is 1. The second-order valence-electron chi connectivity index (χ2n) is 6.69. The molecule has 1 aromatic carbocycles. The average Bonchev–Trinajstić information content (AvgIpc) is 3.14. The minimum absolute atomic E-state index is 0.0758. The van der Waals surface area contributed by atoms with Crippen molar-refractivity contribution in [1.82, 2.24) is 20.3 Å². The number of rotatable bonds is 5. The van der Waals surface area contributed by atoms with E-state index in [9.17, 15) is 9.59 Å². The highest BCUT2D eigenvalue weighted by atomic mass is 16.4. The lowest BCUT2D eigenvalue weighted by Gasteiger charge is -2.10. The van der Waals surface area contributed by atoms with Crippen LogP contribution in [0.3, 0.4) is 0 Å². The second-order valence-corrected chi connectivity index (χ2v) is 6.69. The molecule has 0 spiro atoms. The van der Waals surface area contributed by atoms with Gasteiger partial charge in [0.15, 0.2) is 5.82 Å². The largest absolute Gasteiger partial charge is 0.480 e. The molecule has 5 N–H and O–H groups in total. The van der Waals surface area contributed by atoms with Crippen molar-refractivity contribution < 1.29 is 14.7 Å². The summed E-state index contributed by atoms with van der Waals surface area (Å²) in [7, 11) is 0. The van der Waals surface area contributed by atoms with E-state index in [0.29, 0.717) is 23.6 Å². The Morgan fingerprint density at radius 3 is 2.75 bits per heavy atom. The van der Waals surface area contributed by atoms with Gasteiger partial charge in [-0.3, -0.25) is 9.59 Å². The Kier molecular flexibility index (Phi) is 4.62. The first-order chi connectivity index (χ1) is 13.5. The molecule has 0 bridgehead atoms. The van der Waals surface area contributed by atoms with Crippen LogP contribution in [-0.4, -0.2) is 44.5 Å². The van der Waals surface area contributed by atoms with E-state index in [0.717, 1.165) is 28.9 Å². The van der Waals surface area contributed by atoms with Crippen molar-refractivity contribution >= 4 is 11.9 Å². The summed E-state index contributed by atoms with van der Waals surface area (Å²) in [6.45, 7) is 0.624. The number of aromatic nitrogens is 3. The summed E-state index contributed by atoms with van der Waals surface area (Å²) < 4.78 is 0. The molecule has 142 valence electrons. The number of carbonyl (C=O) groups excluding carboxylic acids is 1. The zero-order valence-electron chi connectivity index (χ0n) is 15.0. The Labute approximate surface area is 160 Å². The number of H-pyrrole nitrogens is 1. The van der Waals surface area contributed by atoms with Crippen LogP contribution in [0, 0.1) is 0 Å². The molecule has 0 saturated heterocycles. The zero-order valence-corrected chi connectivity index (χ0v) is 15.0. The predicted molar refractivity (Wildman–Crippen MR) is 103 cm³/mol. The van der Waals surface area contributed by atoms with Gasteiger partial charge in [-0.25, -0.2) is 9.97 Å². The van der Waals surface area contributed by atoms with Gasteiger partial charge in [0.1, 0.15) is 6.04 Å². The summed E-state index contributed by atoms with van der Waals surface area (Å²) in [5.41, 5.74) is 10.3. The smallest absolute Gasteiger partial charge is 0.320 e. The van der Waals surface area contributed by atoms with Crippen LogP contribution >= 0.6 is 0 Å². The summed E-state index contributed by atoms with van der Waals surface area (Å²) in [4.78, 5) is 35.1. The number of carboxylic acids is 1. The van der Waals surface area contributed by atoms with E-state index in [2.05, 4.69) is 20.3 Å². The Balaban J connectivity index is 1.59. The summed E-state index contributed by atoms with van der Waals surface area (Å²) in [6.07, 6.45) is 2.69. The first-order valence-electron chi connectivity index (χ1n) is 8.92. The normalized spacial score (nSPS) is 14.2. The first kappa shape index (κ1) is 17.9. The molecule has 0 fully saturated rings. The summed E-state index contributed by atoms with van der Waals surface area (Å²) in [5, 5.41) is 11.7. The summed E-state index contributed by atoms with van der Waals surface area (Å²) in [6, 6.07) is 10.0. The lowest BCUT2D eigenvalue weighted by atomic mass is 10.0. The molecule has 0 saturated carbocycles. The van der Waals surface area contributed by atoms with Crippen molar-refractivity contribution in [3.8, 4) is 22.8 Å².